The summed E-state index contributed by atoms with van der Waals surface area (Å²) in [7, 11) is 1.64. The van der Waals surface area contributed by atoms with Crippen molar-refractivity contribution in [2.24, 2.45) is 0 Å². The van der Waals surface area contributed by atoms with E-state index in [1.165, 1.54) is 4.90 Å². The summed E-state index contributed by atoms with van der Waals surface area (Å²) in [6.45, 7) is 3.74. The predicted molar refractivity (Wildman–Crippen MR) is 73.0 cm³/mol. The van der Waals surface area contributed by atoms with Crippen LogP contribution >= 0.6 is 0 Å². The van der Waals surface area contributed by atoms with Gasteiger partial charge >= 0.3 is 12.0 Å². The molecule has 0 saturated carbocycles. The maximum absolute atomic E-state index is 11.8. The lowest BCUT2D eigenvalue weighted by atomic mass is 10.1. The van der Waals surface area contributed by atoms with Crippen molar-refractivity contribution in [2.75, 3.05) is 7.05 Å². The molecule has 0 aromatic heterocycles. The Morgan fingerprint density at radius 2 is 1.84 bits per heavy atom. The lowest BCUT2D eigenvalue weighted by molar-refractivity contribution is -0.139. The van der Waals surface area contributed by atoms with Gasteiger partial charge in [-0.3, -0.25) is 0 Å². The van der Waals surface area contributed by atoms with Gasteiger partial charge in [-0.15, -0.1) is 0 Å². The Labute approximate surface area is 113 Å². The molecule has 0 radical (unpaired) electrons. The second-order valence-electron chi connectivity index (χ2n) is 4.73. The van der Waals surface area contributed by atoms with Crippen molar-refractivity contribution in [3.63, 3.8) is 0 Å². The first kappa shape index (κ1) is 15.0. The fourth-order valence-corrected chi connectivity index (χ4v) is 1.54. The van der Waals surface area contributed by atoms with E-state index >= 15 is 0 Å². The van der Waals surface area contributed by atoms with Gasteiger partial charge in [0, 0.05) is 19.5 Å². The molecule has 19 heavy (non-hydrogen) atoms. The summed E-state index contributed by atoms with van der Waals surface area (Å²) in [6.07, 6.45) is 0.272. The van der Waals surface area contributed by atoms with Gasteiger partial charge in [0.15, 0.2) is 0 Å². The minimum atomic E-state index is -1.03. The highest BCUT2D eigenvalue weighted by atomic mass is 16.4. The molecule has 1 rings (SSSR count). The van der Waals surface area contributed by atoms with E-state index in [0.29, 0.717) is 0 Å². The van der Waals surface area contributed by atoms with Crippen LogP contribution in [0.25, 0.3) is 0 Å². The van der Waals surface area contributed by atoms with Gasteiger partial charge in [-0.2, -0.15) is 0 Å². The van der Waals surface area contributed by atoms with Gasteiger partial charge in [0.1, 0.15) is 6.04 Å². The summed E-state index contributed by atoms with van der Waals surface area (Å²) in [5.41, 5.74) is 0.877. The van der Waals surface area contributed by atoms with Crippen LogP contribution in [0.2, 0.25) is 0 Å². The first-order chi connectivity index (χ1) is 8.91. The molecule has 5 nitrogen and oxygen atoms in total. The third-order valence-corrected chi connectivity index (χ3v) is 2.97. The predicted octanol–water partition coefficient (Wildman–Crippen LogP) is 1.73. The fraction of sp³-hybridized carbons (Fsp3) is 0.429. The van der Waals surface area contributed by atoms with Crippen LogP contribution in [0.3, 0.4) is 0 Å². The number of hydrogen-bond acceptors (Lipinski definition) is 2. The molecule has 0 aliphatic carbocycles. The quantitative estimate of drug-likeness (QED) is 0.851. The summed E-state index contributed by atoms with van der Waals surface area (Å²) in [5.74, 6) is -1.03. The lowest BCUT2D eigenvalue weighted by Crippen LogP contribution is -2.49. The Morgan fingerprint density at radius 1 is 1.26 bits per heavy atom. The monoisotopic (exact) mass is 264 g/mol. The first-order valence-electron chi connectivity index (χ1n) is 6.22. The van der Waals surface area contributed by atoms with Crippen LogP contribution in [-0.4, -0.2) is 41.1 Å². The van der Waals surface area contributed by atoms with Crippen molar-refractivity contribution in [3.8, 4) is 0 Å². The molecule has 0 bridgehead atoms. The number of hydrogen-bond donors (Lipinski definition) is 2. The van der Waals surface area contributed by atoms with Gasteiger partial charge in [0.05, 0.1) is 0 Å². The van der Waals surface area contributed by atoms with Crippen molar-refractivity contribution in [2.45, 2.75) is 32.4 Å². The molecule has 0 saturated heterocycles. The second kappa shape index (κ2) is 6.78. The van der Waals surface area contributed by atoms with E-state index in [1.54, 1.807) is 7.05 Å². The molecule has 0 aliphatic heterocycles. The van der Waals surface area contributed by atoms with Crippen molar-refractivity contribution in [1.82, 2.24) is 10.2 Å². The number of rotatable bonds is 5. The van der Waals surface area contributed by atoms with Gasteiger partial charge < -0.3 is 15.3 Å². The van der Waals surface area contributed by atoms with Crippen molar-refractivity contribution in [3.05, 3.63) is 35.9 Å². The standard InChI is InChI=1S/C14H20N2O3/c1-10(2)16(3)14(19)15-12(13(17)18)9-11-7-5-4-6-8-11/h4-8,10,12H,9H2,1-3H3,(H,15,19)(H,17,18)/t12-/m0/s1. The van der Waals surface area contributed by atoms with E-state index in [2.05, 4.69) is 5.32 Å². The molecular formula is C14H20N2O3. The first-order valence-corrected chi connectivity index (χ1v) is 6.22. The number of urea groups is 1. The molecule has 104 valence electrons. The van der Waals surface area contributed by atoms with Gasteiger partial charge in [-0.05, 0) is 19.4 Å². The summed E-state index contributed by atoms with van der Waals surface area (Å²) >= 11 is 0. The highest BCUT2D eigenvalue weighted by Crippen LogP contribution is 2.04. The molecule has 2 N–H and O–H groups in total. The molecule has 5 heteroatoms. The number of nitrogens with zero attached hydrogens (tertiary/aromatic N) is 1. The van der Waals surface area contributed by atoms with Gasteiger partial charge in [0.2, 0.25) is 0 Å². The number of nitrogens with one attached hydrogen (secondary N) is 1. The molecule has 0 fully saturated rings. The molecule has 2 amide bonds. The zero-order valence-electron chi connectivity index (χ0n) is 11.5. The topological polar surface area (TPSA) is 69.6 Å². The zero-order valence-corrected chi connectivity index (χ0v) is 11.5. The summed E-state index contributed by atoms with van der Waals surface area (Å²) < 4.78 is 0. The van der Waals surface area contributed by atoms with E-state index in [1.807, 2.05) is 44.2 Å². The highest BCUT2D eigenvalue weighted by Gasteiger charge is 2.22. The molecule has 1 atom stereocenters. The Balaban J connectivity index is 2.69. The molecule has 0 unspecified atom stereocenters. The number of aliphatic carboxylic acids is 1. The van der Waals surface area contributed by atoms with Crippen molar-refractivity contribution in [1.29, 1.82) is 0 Å². The highest BCUT2D eigenvalue weighted by molar-refractivity contribution is 5.82. The van der Waals surface area contributed by atoms with Crippen LogP contribution in [0.5, 0.6) is 0 Å². The summed E-state index contributed by atoms with van der Waals surface area (Å²) in [6, 6.07) is 7.96. The zero-order chi connectivity index (χ0) is 14.4. The number of carboxylic acid groups (broad SMARTS) is 1. The molecule has 0 aliphatic rings. The number of benzene rings is 1. The third-order valence-electron chi connectivity index (χ3n) is 2.97. The second-order valence-corrected chi connectivity index (χ2v) is 4.73. The Kier molecular flexibility index (Phi) is 5.36. The van der Waals surface area contributed by atoms with E-state index in [0.717, 1.165) is 5.56 Å². The van der Waals surface area contributed by atoms with Crippen molar-refractivity contribution < 1.29 is 14.7 Å². The van der Waals surface area contributed by atoms with Gasteiger partial charge in [0.25, 0.3) is 0 Å². The van der Waals surface area contributed by atoms with E-state index < -0.39 is 12.0 Å². The molecular weight excluding hydrogens is 244 g/mol. The van der Waals surface area contributed by atoms with Crippen LogP contribution in [0.4, 0.5) is 4.79 Å². The average molecular weight is 264 g/mol. The Hall–Kier alpha value is -2.04. The fourth-order valence-electron chi connectivity index (χ4n) is 1.54. The smallest absolute Gasteiger partial charge is 0.326 e. The molecule has 1 aromatic rings. The molecule has 0 heterocycles. The number of amides is 2. The van der Waals surface area contributed by atoms with E-state index in [-0.39, 0.29) is 18.5 Å². The molecule has 1 aromatic carbocycles. The van der Waals surface area contributed by atoms with E-state index in [9.17, 15) is 14.7 Å². The minimum absolute atomic E-state index is 0.0196. The number of carbonyl (C=O) groups excluding carboxylic acids is 1. The SMILES string of the molecule is CC(C)N(C)C(=O)N[C@@H](Cc1ccccc1)C(=O)O. The minimum Gasteiger partial charge on any atom is -0.480 e. The van der Waals surface area contributed by atoms with Crippen LogP contribution in [0, 0.1) is 0 Å². The van der Waals surface area contributed by atoms with Crippen LogP contribution in [0.15, 0.2) is 30.3 Å². The number of carboxylic acids is 1. The summed E-state index contributed by atoms with van der Waals surface area (Å²) in [5, 5.41) is 11.7. The molecule has 0 spiro atoms. The van der Waals surface area contributed by atoms with Gasteiger partial charge in [-0.25, -0.2) is 9.59 Å². The maximum atomic E-state index is 11.8. The van der Waals surface area contributed by atoms with E-state index in [4.69, 9.17) is 0 Å². The van der Waals surface area contributed by atoms with Crippen LogP contribution in [-0.2, 0) is 11.2 Å². The third kappa shape index (κ3) is 4.62. The Morgan fingerprint density at radius 3 is 2.32 bits per heavy atom. The maximum Gasteiger partial charge on any atom is 0.326 e. The average Bonchev–Trinajstić information content (AvgIpc) is 2.37. The van der Waals surface area contributed by atoms with Crippen LogP contribution in [0.1, 0.15) is 19.4 Å². The van der Waals surface area contributed by atoms with Crippen LogP contribution < -0.4 is 5.32 Å². The summed E-state index contributed by atoms with van der Waals surface area (Å²) in [4.78, 5) is 24.5. The normalized spacial score (nSPS) is 12.0. The van der Waals surface area contributed by atoms with Crippen molar-refractivity contribution >= 4 is 12.0 Å². The van der Waals surface area contributed by atoms with Gasteiger partial charge in [-0.1, -0.05) is 30.3 Å². The lowest BCUT2D eigenvalue weighted by Gasteiger charge is -2.24. The Bertz CT molecular complexity index is 432. The largest absolute Gasteiger partial charge is 0.480 e. The number of carbonyl (C=O) groups is 2.